The maximum atomic E-state index is 12.2. The van der Waals surface area contributed by atoms with Gasteiger partial charge in [-0.25, -0.2) is 0 Å². The maximum Gasteiger partial charge on any atom is 0.242 e. The second-order valence-electron chi connectivity index (χ2n) is 4.37. The Kier molecular flexibility index (Phi) is 4.54. The summed E-state index contributed by atoms with van der Waals surface area (Å²) in [6, 6.07) is 0. The molecule has 1 amide bonds. The molecule has 1 aliphatic rings. The first-order chi connectivity index (χ1) is 7.16. The Balaban J connectivity index is 2.56. The zero-order chi connectivity index (χ0) is 11.3. The lowest BCUT2D eigenvalue weighted by atomic mass is 9.96. The van der Waals surface area contributed by atoms with Crippen LogP contribution >= 0.6 is 0 Å². The van der Waals surface area contributed by atoms with E-state index >= 15 is 0 Å². The molecule has 0 aromatic rings. The zero-order valence-corrected chi connectivity index (χ0v) is 10.1. The van der Waals surface area contributed by atoms with Gasteiger partial charge in [-0.3, -0.25) is 4.79 Å². The SMILES string of the molecule is CNCCN(C)C(=O)C1(NC)CCCC1. The molecule has 0 saturated heterocycles. The molecule has 2 N–H and O–H groups in total. The van der Waals surface area contributed by atoms with E-state index in [0.29, 0.717) is 0 Å². The van der Waals surface area contributed by atoms with Crippen LogP contribution in [0.2, 0.25) is 0 Å². The average molecular weight is 213 g/mol. The van der Waals surface area contributed by atoms with Crippen molar-refractivity contribution in [3.63, 3.8) is 0 Å². The highest BCUT2D eigenvalue weighted by Crippen LogP contribution is 2.30. The molecule has 0 atom stereocenters. The van der Waals surface area contributed by atoms with Crippen molar-refractivity contribution in [3.8, 4) is 0 Å². The zero-order valence-electron chi connectivity index (χ0n) is 10.1. The summed E-state index contributed by atoms with van der Waals surface area (Å²) < 4.78 is 0. The van der Waals surface area contributed by atoms with Gasteiger partial charge in [0.2, 0.25) is 5.91 Å². The molecule has 0 radical (unpaired) electrons. The molecular formula is C11H23N3O. The average Bonchev–Trinajstić information content (AvgIpc) is 2.74. The number of hydrogen-bond donors (Lipinski definition) is 2. The molecule has 1 rings (SSSR count). The van der Waals surface area contributed by atoms with Crippen molar-refractivity contribution in [2.45, 2.75) is 31.2 Å². The van der Waals surface area contributed by atoms with Gasteiger partial charge in [0.1, 0.15) is 0 Å². The van der Waals surface area contributed by atoms with E-state index in [1.54, 1.807) is 0 Å². The Labute approximate surface area is 92.4 Å². The van der Waals surface area contributed by atoms with Crippen LogP contribution in [0.3, 0.4) is 0 Å². The summed E-state index contributed by atoms with van der Waals surface area (Å²) in [6.45, 7) is 1.63. The maximum absolute atomic E-state index is 12.2. The third-order valence-electron chi connectivity index (χ3n) is 3.39. The normalized spacial score (nSPS) is 19.1. The van der Waals surface area contributed by atoms with E-state index in [2.05, 4.69) is 10.6 Å². The minimum Gasteiger partial charge on any atom is -0.343 e. The van der Waals surface area contributed by atoms with Crippen molar-refractivity contribution in [2.24, 2.45) is 0 Å². The number of hydrogen-bond acceptors (Lipinski definition) is 3. The Hall–Kier alpha value is -0.610. The topological polar surface area (TPSA) is 44.4 Å². The monoisotopic (exact) mass is 213 g/mol. The van der Waals surface area contributed by atoms with E-state index in [4.69, 9.17) is 0 Å². The first kappa shape index (κ1) is 12.5. The van der Waals surface area contributed by atoms with Gasteiger partial charge in [-0.05, 0) is 26.9 Å². The summed E-state index contributed by atoms with van der Waals surface area (Å²) in [7, 11) is 5.69. The van der Waals surface area contributed by atoms with Crippen molar-refractivity contribution >= 4 is 5.91 Å². The molecule has 0 unspecified atom stereocenters. The largest absolute Gasteiger partial charge is 0.343 e. The summed E-state index contributed by atoms with van der Waals surface area (Å²) in [5, 5.41) is 6.28. The third-order valence-corrected chi connectivity index (χ3v) is 3.39. The van der Waals surface area contributed by atoms with Gasteiger partial charge in [0.05, 0.1) is 5.54 Å². The molecule has 1 saturated carbocycles. The van der Waals surface area contributed by atoms with Crippen LogP contribution in [0.15, 0.2) is 0 Å². The second-order valence-corrected chi connectivity index (χ2v) is 4.37. The highest BCUT2D eigenvalue weighted by molar-refractivity contribution is 5.86. The van der Waals surface area contributed by atoms with Gasteiger partial charge in [-0.15, -0.1) is 0 Å². The van der Waals surface area contributed by atoms with Gasteiger partial charge in [0, 0.05) is 20.1 Å². The molecule has 1 aliphatic carbocycles. The van der Waals surface area contributed by atoms with E-state index in [1.165, 1.54) is 0 Å². The molecule has 0 aromatic heterocycles. The Morgan fingerprint density at radius 1 is 1.33 bits per heavy atom. The van der Waals surface area contributed by atoms with Crippen LogP contribution in [-0.4, -0.2) is 50.6 Å². The third kappa shape index (κ3) is 2.69. The number of rotatable bonds is 5. The van der Waals surface area contributed by atoms with Crippen molar-refractivity contribution < 1.29 is 4.79 Å². The minimum atomic E-state index is -0.275. The lowest BCUT2D eigenvalue weighted by Gasteiger charge is -2.32. The molecule has 4 heteroatoms. The fraction of sp³-hybridized carbons (Fsp3) is 0.909. The van der Waals surface area contributed by atoms with Crippen molar-refractivity contribution in [1.29, 1.82) is 0 Å². The number of likely N-dealkylation sites (N-methyl/N-ethyl adjacent to an activating group) is 3. The van der Waals surface area contributed by atoms with Crippen LogP contribution in [0.1, 0.15) is 25.7 Å². The number of amides is 1. The molecule has 4 nitrogen and oxygen atoms in total. The van der Waals surface area contributed by atoms with E-state index in [1.807, 2.05) is 26.0 Å². The van der Waals surface area contributed by atoms with Gasteiger partial charge < -0.3 is 15.5 Å². The van der Waals surface area contributed by atoms with Crippen LogP contribution in [0.5, 0.6) is 0 Å². The summed E-state index contributed by atoms with van der Waals surface area (Å²) in [6.07, 6.45) is 4.28. The van der Waals surface area contributed by atoms with Gasteiger partial charge in [0.15, 0.2) is 0 Å². The van der Waals surface area contributed by atoms with Gasteiger partial charge in [-0.1, -0.05) is 12.8 Å². The Bertz CT molecular complexity index is 212. The second kappa shape index (κ2) is 5.47. The highest BCUT2D eigenvalue weighted by atomic mass is 16.2. The van der Waals surface area contributed by atoms with Crippen molar-refractivity contribution in [1.82, 2.24) is 15.5 Å². The van der Waals surface area contributed by atoms with Gasteiger partial charge >= 0.3 is 0 Å². The molecule has 0 aromatic carbocycles. The predicted octanol–water partition coefficient (Wildman–Crippen LogP) is 0.196. The molecule has 0 bridgehead atoms. The van der Waals surface area contributed by atoms with Crippen LogP contribution in [0.4, 0.5) is 0 Å². The predicted molar refractivity (Wildman–Crippen MR) is 61.8 cm³/mol. The van der Waals surface area contributed by atoms with E-state index < -0.39 is 0 Å². The van der Waals surface area contributed by atoms with Crippen LogP contribution in [0, 0.1) is 0 Å². The lowest BCUT2D eigenvalue weighted by molar-refractivity contribution is -0.136. The molecular weight excluding hydrogens is 190 g/mol. The fourth-order valence-corrected chi connectivity index (χ4v) is 2.30. The highest BCUT2D eigenvalue weighted by Gasteiger charge is 2.40. The molecule has 15 heavy (non-hydrogen) atoms. The molecule has 0 spiro atoms. The van der Waals surface area contributed by atoms with Gasteiger partial charge in [-0.2, -0.15) is 0 Å². The van der Waals surface area contributed by atoms with Crippen molar-refractivity contribution in [3.05, 3.63) is 0 Å². The minimum absolute atomic E-state index is 0.248. The lowest BCUT2D eigenvalue weighted by Crippen LogP contribution is -2.55. The quantitative estimate of drug-likeness (QED) is 0.685. The van der Waals surface area contributed by atoms with Gasteiger partial charge in [0.25, 0.3) is 0 Å². The van der Waals surface area contributed by atoms with E-state index in [9.17, 15) is 4.79 Å². The van der Waals surface area contributed by atoms with E-state index in [-0.39, 0.29) is 11.4 Å². The summed E-state index contributed by atoms with van der Waals surface area (Å²) >= 11 is 0. The molecule has 0 aliphatic heterocycles. The standard InChI is InChI=1S/C11H23N3O/c1-12-8-9-14(3)10(15)11(13-2)6-4-5-7-11/h12-13H,4-9H2,1-3H3. The Morgan fingerprint density at radius 2 is 1.93 bits per heavy atom. The summed E-state index contributed by atoms with van der Waals surface area (Å²) in [5.74, 6) is 0.248. The molecule has 88 valence electrons. The van der Waals surface area contributed by atoms with Crippen LogP contribution < -0.4 is 10.6 Å². The number of nitrogens with zero attached hydrogens (tertiary/aromatic N) is 1. The summed E-state index contributed by atoms with van der Waals surface area (Å²) in [4.78, 5) is 14.1. The first-order valence-electron chi connectivity index (χ1n) is 5.75. The number of carbonyl (C=O) groups excluding carboxylic acids is 1. The summed E-state index contributed by atoms with van der Waals surface area (Å²) in [5.41, 5.74) is -0.275. The smallest absolute Gasteiger partial charge is 0.242 e. The molecule has 1 fully saturated rings. The molecule has 0 heterocycles. The number of nitrogens with one attached hydrogen (secondary N) is 2. The Morgan fingerprint density at radius 3 is 2.40 bits per heavy atom. The number of carbonyl (C=O) groups is 1. The van der Waals surface area contributed by atoms with Crippen molar-refractivity contribution in [2.75, 3.05) is 34.2 Å². The van der Waals surface area contributed by atoms with Crippen LogP contribution in [-0.2, 0) is 4.79 Å². The van der Waals surface area contributed by atoms with E-state index in [0.717, 1.165) is 38.8 Å². The first-order valence-corrected chi connectivity index (χ1v) is 5.75. The fourth-order valence-electron chi connectivity index (χ4n) is 2.30. The van der Waals surface area contributed by atoms with Crippen LogP contribution in [0.25, 0.3) is 0 Å².